The molecule has 3 atom stereocenters. The maximum atomic E-state index is 12.8. The Hall–Kier alpha value is -1.79. The van der Waals surface area contributed by atoms with Crippen molar-refractivity contribution in [1.82, 2.24) is 14.5 Å². The predicted octanol–water partition coefficient (Wildman–Crippen LogP) is 3.21. The van der Waals surface area contributed by atoms with Crippen molar-refractivity contribution in [3.63, 3.8) is 0 Å². The van der Waals surface area contributed by atoms with Gasteiger partial charge in [-0.25, -0.2) is 9.97 Å². The van der Waals surface area contributed by atoms with Gasteiger partial charge in [-0.3, -0.25) is 9.36 Å². The van der Waals surface area contributed by atoms with Crippen LogP contribution >= 0.6 is 11.3 Å². The van der Waals surface area contributed by atoms with Crippen molar-refractivity contribution in [2.24, 2.45) is 5.92 Å². The number of nitrogens with zero attached hydrogens (tertiary/aromatic N) is 3. The van der Waals surface area contributed by atoms with E-state index in [-0.39, 0.29) is 17.8 Å². The maximum Gasteiger partial charge on any atom is 0.271 e. The van der Waals surface area contributed by atoms with Crippen LogP contribution in [0.15, 0.2) is 29.5 Å². The topological polar surface area (TPSA) is 57.0 Å². The minimum atomic E-state index is 0.0461. The summed E-state index contributed by atoms with van der Waals surface area (Å²) >= 11 is 1.43. The molecule has 1 saturated heterocycles. The second-order valence-corrected chi connectivity index (χ2v) is 7.43. The highest BCUT2D eigenvalue weighted by atomic mass is 32.1. The van der Waals surface area contributed by atoms with Gasteiger partial charge in [0.2, 0.25) is 0 Å². The van der Waals surface area contributed by atoms with Crippen LogP contribution in [0.25, 0.3) is 20.4 Å². The molecule has 5 nitrogen and oxygen atoms in total. The Morgan fingerprint density at radius 3 is 2.87 bits per heavy atom. The van der Waals surface area contributed by atoms with Crippen molar-refractivity contribution in [1.29, 1.82) is 0 Å². The van der Waals surface area contributed by atoms with Crippen molar-refractivity contribution in [2.75, 3.05) is 0 Å². The molecule has 120 valence electrons. The number of rotatable bonds is 2. The van der Waals surface area contributed by atoms with Crippen LogP contribution in [0.3, 0.4) is 0 Å². The van der Waals surface area contributed by atoms with E-state index in [1.54, 1.807) is 17.1 Å². The molecule has 0 saturated carbocycles. The second kappa shape index (κ2) is 5.69. The Bertz CT molecular complexity index is 907. The van der Waals surface area contributed by atoms with E-state index in [9.17, 15) is 4.79 Å². The first-order valence-corrected chi connectivity index (χ1v) is 8.81. The van der Waals surface area contributed by atoms with Crippen molar-refractivity contribution in [3.05, 3.63) is 35.0 Å². The summed E-state index contributed by atoms with van der Waals surface area (Å²) < 4.78 is 8.25. The number of ether oxygens (including phenoxy) is 1. The Morgan fingerprint density at radius 1 is 1.30 bits per heavy atom. The van der Waals surface area contributed by atoms with Gasteiger partial charge in [0.15, 0.2) is 0 Å². The van der Waals surface area contributed by atoms with E-state index in [0.717, 1.165) is 28.6 Å². The summed E-state index contributed by atoms with van der Waals surface area (Å²) in [6.07, 6.45) is 5.93. The third kappa shape index (κ3) is 2.66. The molecule has 3 aromatic heterocycles. The van der Waals surface area contributed by atoms with Crippen LogP contribution in [-0.4, -0.2) is 26.7 Å². The molecule has 0 amide bonds. The third-order valence-electron chi connectivity index (χ3n) is 4.47. The highest BCUT2D eigenvalue weighted by Gasteiger charge is 2.25. The van der Waals surface area contributed by atoms with Gasteiger partial charge in [0, 0.05) is 18.1 Å². The van der Waals surface area contributed by atoms with E-state index >= 15 is 0 Å². The normalized spacial score (nSPS) is 25.2. The lowest BCUT2D eigenvalue weighted by molar-refractivity contribution is -0.0550. The van der Waals surface area contributed by atoms with Crippen LogP contribution in [0.4, 0.5) is 0 Å². The lowest BCUT2D eigenvalue weighted by Crippen LogP contribution is -2.33. The highest BCUT2D eigenvalue weighted by molar-refractivity contribution is 7.25. The standard InChI is InChI=1S/C17H19N3O2S/c1-10-6-12(7-11(2)22-10)8-20-9-19-14-13-4-3-5-18-16(13)23-15(14)17(20)21/h3-5,9-12H,6-8H2,1-2H3/t10-,11+,12?. The highest BCUT2D eigenvalue weighted by Crippen LogP contribution is 2.29. The lowest BCUT2D eigenvalue weighted by Gasteiger charge is -2.32. The first kappa shape index (κ1) is 14.8. The fraction of sp³-hybridized carbons (Fsp3) is 0.471. The molecule has 1 aliphatic rings. The quantitative estimate of drug-likeness (QED) is 0.724. The van der Waals surface area contributed by atoms with Gasteiger partial charge in [0.1, 0.15) is 9.53 Å². The van der Waals surface area contributed by atoms with Crippen LogP contribution in [0.1, 0.15) is 26.7 Å². The van der Waals surface area contributed by atoms with Crippen LogP contribution in [-0.2, 0) is 11.3 Å². The first-order valence-electron chi connectivity index (χ1n) is 8.00. The van der Waals surface area contributed by atoms with Gasteiger partial charge >= 0.3 is 0 Å². The minimum Gasteiger partial charge on any atom is -0.376 e. The Morgan fingerprint density at radius 2 is 2.09 bits per heavy atom. The molecule has 1 fully saturated rings. The van der Waals surface area contributed by atoms with E-state index < -0.39 is 0 Å². The molecule has 4 rings (SSSR count). The van der Waals surface area contributed by atoms with Gasteiger partial charge in [-0.05, 0) is 44.7 Å². The molecule has 1 aliphatic heterocycles. The molecule has 0 aromatic carbocycles. The van der Waals surface area contributed by atoms with Gasteiger partial charge in [0.25, 0.3) is 5.56 Å². The zero-order valence-corrected chi connectivity index (χ0v) is 14.0. The molecule has 0 bridgehead atoms. The number of pyridine rings is 1. The number of hydrogen-bond acceptors (Lipinski definition) is 5. The summed E-state index contributed by atoms with van der Waals surface area (Å²) in [5.74, 6) is 0.457. The molecular weight excluding hydrogens is 310 g/mol. The van der Waals surface area contributed by atoms with E-state index in [0.29, 0.717) is 17.2 Å². The van der Waals surface area contributed by atoms with Crippen LogP contribution < -0.4 is 5.56 Å². The van der Waals surface area contributed by atoms with E-state index in [2.05, 4.69) is 23.8 Å². The Labute approximate surface area is 137 Å². The molecule has 3 aromatic rings. The summed E-state index contributed by atoms with van der Waals surface area (Å²) in [4.78, 5) is 22.6. The second-order valence-electron chi connectivity index (χ2n) is 6.43. The Balaban J connectivity index is 1.72. The van der Waals surface area contributed by atoms with Crippen molar-refractivity contribution >= 4 is 31.8 Å². The van der Waals surface area contributed by atoms with Crippen molar-refractivity contribution in [2.45, 2.75) is 45.4 Å². The number of thiophene rings is 1. The van der Waals surface area contributed by atoms with Gasteiger partial charge in [0.05, 0.1) is 24.1 Å². The summed E-state index contributed by atoms with van der Waals surface area (Å²) in [5.41, 5.74) is 0.817. The number of aromatic nitrogens is 3. The summed E-state index contributed by atoms with van der Waals surface area (Å²) in [6.45, 7) is 4.91. The molecule has 23 heavy (non-hydrogen) atoms. The SMILES string of the molecule is C[C@@H]1CC(Cn2cnc3c(sc4ncccc43)c2=O)C[C@H](C)O1. The largest absolute Gasteiger partial charge is 0.376 e. The lowest BCUT2D eigenvalue weighted by atomic mass is 9.92. The van der Waals surface area contributed by atoms with Crippen molar-refractivity contribution in [3.8, 4) is 0 Å². The average molecular weight is 329 g/mol. The molecule has 0 spiro atoms. The van der Waals surface area contributed by atoms with E-state index in [4.69, 9.17) is 4.74 Å². The van der Waals surface area contributed by atoms with Crippen LogP contribution in [0, 0.1) is 5.92 Å². The molecule has 0 N–H and O–H groups in total. The van der Waals surface area contributed by atoms with Gasteiger partial charge in [-0.15, -0.1) is 11.3 Å². The molecule has 0 aliphatic carbocycles. The summed E-state index contributed by atoms with van der Waals surface area (Å²) in [5, 5.41) is 0.963. The summed E-state index contributed by atoms with van der Waals surface area (Å²) in [7, 11) is 0. The zero-order valence-electron chi connectivity index (χ0n) is 13.2. The maximum absolute atomic E-state index is 12.8. The molecule has 6 heteroatoms. The van der Waals surface area contributed by atoms with E-state index in [1.807, 2.05) is 12.1 Å². The fourth-order valence-corrected chi connectivity index (χ4v) is 4.65. The summed E-state index contributed by atoms with van der Waals surface area (Å²) in [6, 6.07) is 3.85. The molecule has 1 unspecified atom stereocenters. The molecule has 4 heterocycles. The minimum absolute atomic E-state index is 0.0461. The van der Waals surface area contributed by atoms with Crippen LogP contribution in [0.2, 0.25) is 0 Å². The van der Waals surface area contributed by atoms with E-state index in [1.165, 1.54) is 11.3 Å². The van der Waals surface area contributed by atoms with Gasteiger partial charge < -0.3 is 4.74 Å². The average Bonchev–Trinajstić information content (AvgIpc) is 2.89. The number of fused-ring (bicyclic) bond motifs is 3. The number of hydrogen-bond donors (Lipinski definition) is 0. The third-order valence-corrected chi connectivity index (χ3v) is 5.56. The predicted molar refractivity (Wildman–Crippen MR) is 91.9 cm³/mol. The molecule has 0 radical (unpaired) electrons. The van der Waals surface area contributed by atoms with Gasteiger partial charge in [-0.1, -0.05) is 0 Å². The van der Waals surface area contributed by atoms with Gasteiger partial charge in [-0.2, -0.15) is 0 Å². The smallest absolute Gasteiger partial charge is 0.271 e. The van der Waals surface area contributed by atoms with Crippen molar-refractivity contribution < 1.29 is 4.74 Å². The fourth-order valence-electron chi connectivity index (χ4n) is 3.60. The first-order chi connectivity index (χ1) is 11.1. The van der Waals surface area contributed by atoms with Crippen LogP contribution in [0.5, 0.6) is 0 Å². The monoisotopic (exact) mass is 329 g/mol. The zero-order chi connectivity index (χ0) is 16.0. The molecular formula is C17H19N3O2S. The Kier molecular flexibility index (Phi) is 3.66.